The number of aromatic nitrogens is 5. The zero-order valence-corrected chi connectivity index (χ0v) is 28.2. The van der Waals surface area contributed by atoms with E-state index < -0.39 is 12.1 Å². The standard InChI is InChI=1S/C36H46N8O4/c1-5-11-28-23-32(46)44(41-28)29-17-15-27(16-18-29)36(48)42-19-10-14-31(45)39-33(24(3)6-2)35(47)38-30(22-26-12-8-7-9-13-26)34-37-25(4)40-43(34)21-20-42/h7-9,12-13,15-18,23-24,30,33,41H,5-6,10-11,14,19-22H2,1-4H3,(H,38,47)(H,39,45)/t24-,30-,33-/m0/s1. The molecule has 0 fully saturated rings. The third-order valence-corrected chi connectivity index (χ3v) is 8.90. The molecule has 1 aliphatic rings. The first-order valence-corrected chi connectivity index (χ1v) is 16.9. The number of carbonyl (C=O) groups is 3. The molecule has 5 rings (SSSR count). The van der Waals surface area contributed by atoms with Gasteiger partial charge >= 0.3 is 0 Å². The number of aromatic amines is 1. The van der Waals surface area contributed by atoms with E-state index in [0.717, 1.165) is 24.1 Å². The van der Waals surface area contributed by atoms with Crippen LogP contribution in [0.3, 0.4) is 0 Å². The topological polar surface area (TPSA) is 147 Å². The average molecular weight is 655 g/mol. The van der Waals surface area contributed by atoms with Crippen molar-refractivity contribution in [1.29, 1.82) is 0 Å². The van der Waals surface area contributed by atoms with Gasteiger partial charge in [-0.05, 0) is 61.9 Å². The third-order valence-electron chi connectivity index (χ3n) is 8.90. The van der Waals surface area contributed by atoms with E-state index in [0.29, 0.717) is 61.8 Å². The molecule has 0 aliphatic carbocycles. The first kappa shape index (κ1) is 34.3. The van der Waals surface area contributed by atoms with Gasteiger partial charge in [0.15, 0.2) is 0 Å². The third kappa shape index (κ3) is 8.28. The maximum Gasteiger partial charge on any atom is 0.271 e. The highest BCUT2D eigenvalue weighted by Crippen LogP contribution is 2.20. The van der Waals surface area contributed by atoms with Gasteiger partial charge in [-0.3, -0.25) is 24.3 Å². The van der Waals surface area contributed by atoms with Crippen LogP contribution in [0.15, 0.2) is 65.5 Å². The molecule has 0 radical (unpaired) electrons. The summed E-state index contributed by atoms with van der Waals surface area (Å²) in [5.41, 5.74) is 2.84. The number of hydrogen-bond acceptors (Lipinski definition) is 6. The van der Waals surface area contributed by atoms with Crippen molar-refractivity contribution < 1.29 is 14.4 Å². The fraction of sp³-hybridized carbons (Fsp3) is 0.444. The fourth-order valence-corrected chi connectivity index (χ4v) is 6.09. The van der Waals surface area contributed by atoms with Crippen LogP contribution >= 0.6 is 0 Å². The number of nitrogens with one attached hydrogen (secondary N) is 3. The Morgan fingerprint density at radius 3 is 2.44 bits per heavy atom. The van der Waals surface area contributed by atoms with Crippen LogP contribution in [-0.2, 0) is 29.0 Å². The molecule has 4 aromatic rings. The molecule has 12 heteroatoms. The Kier molecular flexibility index (Phi) is 11.3. The lowest BCUT2D eigenvalue weighted by Crippen LogP contribution is -2.51. The van der Waals surface area contributed by atoms with Crippen LogP contribution in [0, 0.1) is 12.8 Å². The van der Waals surface area contributed by atoms with Gasteiger partial charge in [-0.2, -0.15) is 5.10 Å². The van der Waals surface area contributed by atoms with Gasteiger partial charge in [0, 0.05) is 36.8 Å². The molecule has 3 amide bonds. The number of benzene rings is 2. The number of fused-ring (bicyclic) bond motifs is 1. The van der Waals surface area contributed by atoms with Crippen molar-refractivity contribution in [3.8, 4) is 5.69 Å². The Balaban J connectivity index is 1.44. The van der Waals surface area contributed by atoms with Crippen LogP contribution in [0.4, 0.5) is 0 Å². The summed E-state index contributed by atoms with van der Waals surface area (Å²) in [6.07, 6.45) is 3.46. The molecule has 48 heavy (non-hydrogen) atoms. The number of amides is 3. The first-order chi connectivity index (χ1) is 23.2. The highest BCUT2D eigenvalue weighted by atomic mass is 16.2. The second-order valence-electron chi connectivity index (χ2n) is 12.6. The molecule has 0 bridgehead atoms. The molecule has 254 valence electrons. The molecule has 2 aromatic heterocycles. The summed E-state index contributed by atoms with van der Waals surface area (Å²) in [7, 11) is 0. The highest BCUT2D eigenvalue weighted by molar-refractivity contribution is 5.94. The van der Waals surface area contributed by atoms with E-state index in [9.17, 15) is 19.2 Å². The van der Waals surface area contributed by atoms with Gasteiger partial charge in [-0.1, -0.05) is 63.9 Å². The molecule has 1 aliphatic heterocycles. The van der Waals surface area contributed by atoms with E-state index in [4.69, 9.17) is 4.98 Å². The number of nitrogens with zero attached hydrogens (tertiary/aromatic N) is 5. The summed E-state index contributed by atoms with van der Waals surface area (Å²) in [5.74, 6) is 0.368. The summed E-state index contributed by atoms with van der Waals surface area (Å²) in [4.78, 5) is 59.8. The second-order valence-corrected chi connectivity index (χ2v) is 12.6. The Morgan fingerprint density at radius 2 is 1.73 bits per heavy atom. The van der Waals surface area contributed by atoms with Crippen LogP contribution < -0.4 is 16.2 Å². The average Bonchev–Trinajstić information content (AvgIpc) is 3.65. The van der Waals surface area contributed by atoms with Crippen LogP contribution in [0.25, 0.3) is 5.69 Å². The summed E-state index contributed by atoms with van der Waals surface area (Å²) >= 11 is 0. The minimum atomic E-state index is -0.720. The van der Waals surface area contributed by atoms with E-state index in [2.05, 4.69) is 27.8 Å². The SMILES string of the molecule is CCCc1cc(=O)n(-c2ccc(C(=O)N3CCCC(=O)N[C@@H]([C@@H](C)CC)C(=O)N[C@@H](Cc4ccccc4)c4nc(C)nn4CC3)cc2)[nH]1. The van der Waals surface area contributed by atoms with Gasteiger partial charge in [0.1, 0.15) is 17.7 Å². The summed E-state index contributed by atoms with van der Waals surface area (Å²) in [5, 5.41) is 14.0. The molecular formula is C36H46N8O4. The van der Waals surface area contributed by atoms with Crippen LogP contribution in [-0.4, -0.2) is 66.3 Å². The lowest BCUT2D eigenvalue weighted by molar-refractivity contribution is -0.130. The molecule has 0 spiro atoms. The van der Waals surface area contributed by atoms with Crippen molar-refractivity contribution in [2.24, 2.45) is 5.92 Å². The number of carbonyl (C=O) groups excluding carboxylic acids is 3. The van der Waals surface area contributed by atoms with Gasteiger partial charge in [-0.15, -0.1) is 0 Å². The van der Waals surface area contributed by atoms with Crippen molar-refractivity contribution in [1.82, 2.24) is 40.1 Å². The van der Waals surface area contributed by atoms with Crippen molar-refractivity contribution in [3.63, 3.8) is 0 Å². The smallest absolute Gasteiger partial charge is 0.271 e. The molecule has 0 saturated heterocycles. The quantitative estimate of drug-likeness (QED) is 0.263. The first-order valence-electron chi connectivity index (χ1n) is 16.9. The van der Waals surface area contributed by atoms with E-state index in [1.807, 2.05) is 51.1 Å². The summed E-state index contributed by atoms with van der Waals surface area (Å²) < 4.78 is 3.26. The Morgan fingerprint density at radius 1 is 0.979 bits per heavy atom. The molecule has 0 unspecified atom stereocenters. The van der Waals surface area contributed by atoms with Gasteiger partial charge in [0.2, 0.25) is 11.8 Å². The number of H-pyrrole nitrogens is 1. The molecule has 2 aromatic carbocycles. The maximum atomic E-state index is 13.9. The lowest BCUT2D eigenvalue weighted by atomic mass is 9.97. The molecule has 3 atom stereocenters. The number of rotatable bonds is 8. The Labute approximate surface area is 280 Å². The fourth-order valence-electron chi connectivity index (χ4n) is 6.09. The zero-order chi connectivity index (χ0) is 34.2. The maximum absolute atomic E-state index is 13.9. The minimum Gasteiger partial charge on any atom is -0.344 e. The van der Waals surface area contributed by atoms with Crippen LogP contribution in [0.5, 0.6) is 0 Å². The van der Waals surface area contributed by atoms with Crippen LogP contribution in [0.2, 0.25) is 0 Å². The predicted molar refractivity (Wildman–Crippen MR) is 183 cm³/mol. The largest absolute Gasteiger partial charge is 0.344 e. The minimum absolute atomic E-state index is 0.0973. The van der Waals surface area contributed by atoms with Gasteiger partial charge in [0.25, 0.3) is 11.5 Å². The molecule has 12 nitrogen and oxygen atoms in total. The normalized spacial score (nSPS) is 18.4. The molecule has 3 heterocycles. The predicted octanol–water partition coefficient (Wildman–Crippen LogP) is 3.89. The lowest BCUT2D eigenvalue weighted by Gasteiger charge is -2.28. The van der Waals surface area contributed by atoms with Crippen LogP contribution in [0.1, 0.15) is 85.8 Å². The number of hydrogen-bond donors (Lipinski definition) is 3. The van der Waals surface area contributed by atoms with Crippen molar-refractivity contribution in [3.05, 3.63) is 99.5 Å². The van der Waals surface area contributed by atoms with Crippen molar-refractivity contribution in [2.45, 2.75) is 84.8 Å². The molecule has 3 N–H and O–H groups in total. The van der Waals surface area contributed by atoms with E-state index in [-0.39, 0.29) is 35.6 Å². The highest BCUT2D eigenvalue weighted by Gasteiger charge is 2.31. The molecule has 0 saturated carbocycles. The van der Waals surface area contributed by atoms with Gasteiger partial charge < -0.3 is 15.5 Å². The van der Waals surface area contributed by atoms with Gasteiger partial charge in [0.05, 0.1) is 18.3 Å². The van der Waals surface area contributed by atoms with E-state index in [1.165, 1.54) is 4.68 Å². The van der Waals surface area contributed by atoms with Crippen molar-refractivity contribution in [2.75, 3.05) is 13.1 Å². The summed E-state index contributed by atoms with van der Waals surface area (Å²) in [6.45, 7) is 8.81. The zero-order valence-electron chi connectivity index (χ0n) is 28.2. The summed E-state index contributed by atoms with van der Waals surface area (Å²) in [6, 6.07) is 17.2. The van der Waals surface area contributed by atoms with E-state index >= 15 is 0 Å². The second kappa shape index (κ2) is 15.7. The Bertz CT molecular complexity index is 1760. The van der Waals surface area contributed by atoms with Crippen molar-refractivity contribution >= 4 is 17.7 Å². The monoisotopic (exact) mass is 654 g/mol. The van der Waals surface area contributed by atoms with E-state index in [1.54, 1.807) is 39.9 Å². The number of aryl methyl sites for hydroxylation is 2. The Hall–Kier alpha value is -5.00. The molecular weight excluding hydrogens is 608 g/mol. The van der Waals surface area contributed by atoms with Gasteiger partial charge in [-0.25, -0.2) is 14.3 Å².